The summed E-state index contributed by atoms with van der Waals surface area (Å²) in [6.07, 6.45) is 0. The normalized spacial score (nSPS) is 11.3. The number of hydrogen-bond donors (Lipinski definition) is 0. The third-order valence-electron chi connectivity index (χ3n) is 6.01. The molecule has 0 aromatic heterocycles. The van der Waals surface area contributed by atoms with Crippen LogP contribution in [-0.4, -0.2) is 72.0 Å². The fraction of sp³-hybridized carbons (Fsp3) is 0.364. The zero-order chi connectivity index (χ0) is 28.3. The predicted octanol–water partition coefficient (Wildman–Crippen LogP) is 5.18. The molecule has 7 nitrogen and oxygen atoms in total. The van der Waals surface area contributed by atoms with E-state index in [4.69, 9.17) is 28.4 Å². The third kappa shape index (κ3) is 10.0. The summed E-state index contributed by atoms with van der Waals surface area (Å²) < 4.78 is 33.8. The van der Waals surface area contributed by atoms with E-state index in [1.807, 2.05) is 54.6 Å². The molecule has 0 aliphatic heterocycles. The van der Waals surface area contributed by atoms with Crippen LogP contribution in [0, 0.1) is 0 Å². The minimum absolute atomic E-state index is 0.200. The van der Waals surface area contributed by atoms with Gasteiger partial charge < -0.3 is 28.4 Å². The van der Waals surface area contributed by atoms with Gasteiger partial charge >= 0.3 is 5.97 Å². The van der Waals surface area contributed by atoms with Gasteiger partial charge in [0, 0.05) is 5.57 Å². The van der Waals surface area contributed by atoms with E-state index in [0.717, 1.165) is 16.7 Å². The lowest BCUT2D eigenvalue weighted by Crippen LogP contribution is -2.34. The van der Waals surface area contributed by atoms with Crippen molar-refractivity contribution in [2.24, 2.45) is 0 Å². The summed E-state index contributed by atoms with van der Waals surface area (Å²) in [5.41, 5.74) is 2.81. The maximum absolute atomic E-state index is 11.2. The van der Waals surface area contributed by atoms with Gasteiger partial charge in [-0.25, -0.2) is 4.79 Å². The highest BCUT2D eigenvalue weighted by molar-refractivity contribution is 5.86. The van der Waals surface area contributed by atoms with E-state index in [9.17, 15) is 4.79 Å². The van der Waals surface area contributed by atoms with E-state index in [0.29, 0.717) is 65.0 Å². The van der Waals surface area contributed by atoms with E-state index in [1.54, 1.807) is 6.92 Å². The SMILES string of the molecule is C=C(C)C(=O)OCCOCCOCCOCCOCCOC(c1ccccc1)(c1ccccc1)c1ccccc1. The van der Waals surface area contributed by atoms with Gasteiger partial charge in [-0.2, -0.15) is 0 Å². The number of ether oxygens (including phenoxy) is 6. The molecule has 0 aliphatic carbocycles. The molecule has 0 atom stereocenters. The van der Waals surface area contributed by atoms with Crippen molar-refractivity contribution in [2.75, 3.05) is 66.1 Å². The van der Waals surface area contributed by atoms with Crippen LogP contribution in [0.4, 0.5) is 0 Å². The van der Waals surface area contributed by atoms with E-state index >= 15 is 0 Å². The first-order valence-electron chi connectivity index (χ1n) is 13.6. The molecule has 0 unspecified atom stereocenters. The molecule has 0 amide bonds. The Labute approximate surface area is 237 Å². The van der Waals surface area contributed by atoms with E-state index in [1.165, 1.54) is 0 Å². The molecule has 0 radical (unpaired) electrons. The van der Waals surface area contributed by atoms with Crippen molar-refractivity contribution in [1.29, 1.82) is 0 Å². The number of carbonyl (C=O) groups is 1. The molecule has 3 aromatic carbocycles. The Hall–Kier alpha value is -3.33. The van der Waals surface area contributed by atoms with E-state index in [-0.39, 0.29) is 6.61 Å². The van der Waals surface area contributed by atoms with Crippen LogP contribution in [0.25, 0.3) is 0 Å². The van der Waals surface area contributed by atoms with Crippen LogP contribution < -0.4 is 0 Å². The van der Waals surface area contributed by atoms with Gasteiger partial charge in [0.15, 0.2) is 0 Å². The second-order valence-electron chi connectivity index (χ2n) is 8.99. The van der Waals surface area contributed by atoms with Crippen molar-refractivity contribution in [3.05, 3.63) is 120 Å². The highest BCUT2D eigenvalue weighted by atomic mass is 16.6. The smallest absolute Gasteiger partial charge is 0.333 e. The zero-order valence-electron chi connectivity index (χ0n) is 23.3. The first-order chi connectivity index (χ1) is 19.6. The monoisotopic (exact) mass is 548 g/mol. The maximum atomic E-state index is 11.2. The van der Waals surface area contributed by atoms with Crippen molar-refractivity contribution >= 4 is 5.97 Å². The van der Waals surface area contributed by atoms with Crippen molar-refractivity contribution in [3.63, 3.8) is 0 Å². The summed E-state index contributed by atoms with van der Waals surface area (Å²) in [5, 5.41) is 0. The standard InChI is InChI=1S/C33H40O7/c1-28(2)32(34)39-26-24-37-22-20-35-18-19-36-21-23-38-25-27-40-33(29-12-6-3-7-13-29,30-14-8-4-9-15-30)31-16-10-5-11-17-31/h3-17H,1,18-27H2,2H3. The number of hydrogen-bond acceptors (Lipinski definition) is 7. The Morgan fingerprint density at radius 1 is 0.550 bits per heavy atom. The molecule has 3 rings (SSSR count). The molecule has 0 heterocycles. The second kappa shape index (κ2) is 18.1. The zero-order valence-corrected chi connectivity index (χ0v) is 23.3. The topological polar surface area (TPSA) is 72.5 Å². The van der Waals surface area contributed by atoms with Crippen LogP contribution in [-0.2, 0) is 38.8 Å². The van der Waals surface area contributed by atoms with E-state index < -0.39 is 11.6 Å². The lowest BCUT2D eigenvalue weighted by atomic mass is 9.80. The molecule has 3 aromatic rings. The van der Waals surface area contributed by atoms with Gasteiger partial charge in [0.05, 0.1) is 59.5 Å². The molecule has 214 valence electrons. The fourth-order valence-corrected chi connectivity index (χ4v) is 4.10. The van der Waals surface area contributed by atoms with Gasteiger partial charge in [0.1, 0.15) is 12.2 Å². The Bertz CT molecular complexity index is 1010. The molecule has 0 aliphatic rings. The number of benzene rings is 3. The Morgan fingerprint density at radius 3 is 1.23 bits per heavy atom. The van der Waals surface area contributed by atoms with E-state index in [2.05, 4.69) is 43.0 Å². The van der Waals surface area contributed by atoms with Crippen molar-refractivity contribution in [1.82, 2.24) is 0 Å². The van der Waals surface area contributed by atoms with Gasteiger partial charge in [-0.15, -0.1) is 0 Å². The van der Waals surface area contributed by atoms with Crippen LogP contribution >= 0.6 is 0 Å². The first kappa shape index (κ1) is 31.2. The van der Waals surface area contributed by atoms with Crippen LogP contribution in [0.2, 0.25) is 0 Å². The van der Waals surface area contributed by atoms with Crippen molar-refractivity contribution < 1.29 is 33.2 Å². The van der Waals surface area contributed by atoms with Gasteiger partial charge in [0.2, 0.25) is 0 Å². The number of esters is 1. The summed E-state index contributed by atoms with van der Waals surface area (Å²) in [4.78, 5) is 11.2. The maximum Gasteiger partial charge on any atom is 0.333 e. The van der Waals surface area contributed by atoms with Crippen LogP contribution in [0.15, 0.2) is 103 Å². The summed E-state index contributed by atoms with van der Waals surface area (Å²) >= 11 is 0. The molecule has 7 heteroatoms. The van der Waals surface area contributed by atoms with Crippen LogP contribution in [0.3, 0.4) is 0 Å². The Morgan fingerprint density at radius 2 is 0.875 bits per heavy atom. The number of carbonyl (C=O) groups excluding carboxylic acids is 1. The molecule has 0 spiro atoms. The molecular weight excluding hydrogens is 508 g/mol. The summed E-state index contributed by atoms with van der Waals surface area (Å²) in [7, 11) is 0. The average Bonchev–Trinajstić information content (AvgIpc) is 3.00. The molecule has 40 heavy (non-hydrogen) atoms. The fourth-order valence-electron chi connectivity index (χ4n) is 4.10. The van der Waals surface area contributed by atoms with Gasteiger partial charge in [-0.3, -0.25) is 0 Å². The highest BCUT2D eigenvalue weighted by Gasteiger charge is 2.37. The summed E-state index contributed by atoms with van der Waals surface area (Å²) in [5.74, 6) is -0.409. The van der Waals surface area contributed by atoms with Gasteiger partial charge in [-0.1, -0.05) is 97.6 Å². The lowest BCUT2D eigenvalue weighted by Gasteiger charge is -2.36. The second-order valence-corrected chi connectivity index (χ2v) is 8.99. The largest absolute Gasteiger partial charge is 0.460 e. The van der Waals surface area contributed by atoms with Crippen molar-refractivity contribution in [2.45, 2.75) is 12.5 Å². The van der Waals surface area contributed by atoms with Gasteiger partial charge in [-0.05, 0) is 23.6 Å². The predicted molar refractivity (Wildman–Crippen MR) is 154 cm³/mol. The summed E-state index contributed by atoms with van der Waals surface area (Å²) in [6.45, 7) is 9.22. The minimum Gasteiger partial charge on any atom is -0.460 e. The lowest BCUT2D eigenvalue weighted by molar-refractivity contribution is -0.140. The quantitative estimate of drug-likeness (QED) is 0.0834. The Balaban J connectivity index is 1.34. The molecule has 0 N–H and O–H groups in total. The average molecular weight is 549 g/mol. The van der Waals surface area contributed by atoms with Crippen molar-refractivity contribution in [3.8, 4) is 0 Å². The summed E-state index contributed by atoms with van der Waals surface area (Å²) in [6, 6.07) is 30.9. The minimum atomic E-state index is -0.750. The molecule has 0 fully saturated rings. The molecule has 0 saturated heterocycles. The Kier molecular flexibility index (Phi) is 14.1. The number of rotatable bonds is 20. The van der Waals surface area contributed by atoms with Gasteiger partial charge in [0.25, 0.3) is 0 Å². The third-order valence-corrected chi connectivity index (χ3v) is 6.01. The molecular formula is C33H40O7. The highest BCUT2D eigenvalue weighted by Crippen LogP contribution is 2.40. The molecule has 0 bridgehead atoms. The van der Waals surface area contributed by atoms with Crippen LogP contribution in [0.5, 0.6) is 0 Å². The first-order valence-corrected chi connectivity index (χ1v) is 13.6. The van der Waals surface area contributed by atoms with Crippen LogP contribution in [0.1, 0.15) is 23.6 Å². The molecule has 0 saturated carbocycles.